The van der Waals surface area contributed by atoms with E-state index in [0.29, 0.717) is 19.5 Å². The quantitative estimate of drug-likeness (QED) is 0.747. The Morgan fingerprint density at radius 1 is 1.39 bits per heavy atom. The third kappa shape index (κ3) is 5.52. The largest absolute Gasteiger partial charge is 0.354 e. The molecule has 18 heavy (non-hydrogen) atoms. The molecule has 3 nitrogen and oxygen atoms in total. The van der Waals surface area contributed by atoms with Crippen LogP contribution in [0.5, 0.6) is 0 Å². The molecule has 1 aromatic carbocycles. The second-order valence-electron chi connectivity index (χ2n) is 4.39. The second kappa shape index (κ2) is 8.11. The fourth-order valence-electron chi connectivity index (χ4n) is 1.52. The molecule has 0 aliphatic carbocycles. The van der Waals surface area contributed by atoms with Crippen molar-refractivity contribution in [2.75, 3.05) is 6.54 Å². The van der Waals surface area contributed by atoms with Crippen molar-refractivity contribution in [3.05, 3.63) is 34.9 Å². The van der Waals surface area contributed by atoms with Gasteiger partial charge in [-0.1, -0.05) is 36.7 Å². The SMILES string of the molecule is CCC(C)NC(=O)CCNCc1ccccc1Cl. The highest BCUT2D eigenvalue weighted by Crippen LogP contribution is 2.14. The number of carbonyl (C=O) groups excluding carboxylic acids is 1. The van der Waals surface area contributed by atoms with E-state index < -0.39 is 0 Å². The third-order valence-electron chi connectivity index (χ3n) is 2.82. The first-order valence-electron chi connectivity index (χ1n) is 6.37. The Bertz CT molecular complexity index is 382. The van der Waals surface area contributed by atoms with Gasteiger partial charge in [0.05, 0.1) is 0 Å². The van der Waals surface area contributed by atoms with Gasteiger partial charge >= 0.3 is 0 Å². The molecule has 0 radical (unpaired) electrons. The second-order valence-corrected chi connectivity index (χ2v) is 4.80. The van der Waals surface area contributed by atoms with E-state index in [1.807, 2.05) is 31.2 Å². The van der Waals surface area contributed by atoms with Crippen LogP contribution >= 0.6 is 11.6 Å². The summed E-state index contributed by atoms with van der Waals surface area (Å²) >= 11 is 6.03. The van der Waals surface area contributed by atoms with Gasteiger partial charge in [0.2, 0.25) is 5.91 Å². The molecule has 0 bridgehead atoms. The smallest absolute Gasteiger partial charge is 0.221 e. The monoisotopic (exact) mass is 268 g/mol. The molecule has 1 aromatic rings. The van der Waals surface area contributed by atoms with Gasteiger partial charge in [0.1, 0.15) is 0 Å². The van der Waals surface area contributed by atoms with Crippen LogP contribution in [-0.2, 0) is 11.3 Å². The molecule has 0 aliphatic heterocycles. The van der Waals surface area contributed by atoms with Crippen LogP contribution in [0.3, 0.4) is 0 Å². The zero-order chi connectivity index (χ0) is 13.4. The van der Waals surface area contributed by atoms with Gasteiger partial charge in [-0.25, -0.2) is 0 Å². The molecule has 0 aliphatic rings. The van der Waals surface area contributed by atoms with Gasteiger partial charge in [0, 0.05) is 30.6 Å². The summed E-state index contributed by atoms with van der Waals surface area (Å²) in [7, 11) is 0. The molecular formula is C14H21ClN2O. The summed E-state index contributed by atoms with van der Waals surface area (Å²) in [5.41, 5.74) is 1.06. The summed E-state index contributed by atoms with van der Waals surface area (Å²) in [6, 6.07) is 7.97. The molecule has 0 heterocycles. The molecule has 1 unspecified atom stereocenters. The first-order valence-corrected chi connectivity index (χ1v) is 6.74. The minimum Gasteiger partial charge on any atom is -0.354 e. The number of benzene rings is 1. The molecule has 0 spiro atoms. The fourth-order valence-corrected chi connectivity index (χ4v) is 1.72. The van der Waals surface area contributed by atoms with Gasteiger partial charge in [0.25, 0.3) is 0 Å². The van der Waals surface area contributed by atoms with E-state index in [1.165, 1.54) is 0 Å². The average molecular weight is 269 g/mol. The van der Waals surface area contributed by atoms with Crippen molar-refractivity contribution in [3.63, 3.8) is 0 Å². The molecule has 4 heteroatoms. The lowest BCUT2D eigenvalue weighted by Crippen LogP contribution is -2.33. The standard InChI is InChI=1S/C14H21ClN2O/c1-3-11(2)17-14(18)8-9-16-10-12-6-4-5-7-13(12)15/h4-7,11,16H,3,8-10H2,1-2H3,(H,17,18). The van der Waals surface area contributed by atoms with Gasteiger partial charge in [-0.15, -0.1) is 0 Å². The van der Waals surface area contributed by atoms with Crippen molar-refractivity contribution in [2.24, 2.45) is 0 Å². The van der Waals surface area contributed by atoms with Crippen LogP contribution in [0.25, 0.3) is 0 Å². The maximum absolute atomic E-state index is 11.5. The summed E-state index contributed by atoms with van der Waals surface area (Å²) in [6.45, 7) is 5.42. The van der Waals surface area contributed by atoms with Gasteiger partial charge in [-0.05, 0) is 25.0 Å². The zero-order valence-corrected chi connectivity index (χ0v) is 11.8. The van der Waals surface area contributed by atoms with Gasteiger partial charge in [-0.2, -0.15) is 0 Å². The lowest BCUT2D eigenvalue weighted by Gasteiger charge is -2.11. The maximum Gasteiger partial charge on any atom is 0.221 e. The molecule has 0 saturated heterocycles. The maximum atomic E-state index is 11.5. The van der Waals surface area contributed by atoms with Crippen molar-refractivity contribution in [2.45, 2.75) is 39.3 Å². The molecule has 100 valence electrons. The Kier molecular flexibility index (Phi) is 6.76. The average Bonchev–Trinajstić information content (AvgIpc) is 2.36. The Labute approximate surface area is 114 Å². The zero-order valence-electron chi connectivity index (χ0n) is 11.0. The highest BCUT2D eigenvalue weighted by atomic mass is 35.5. The minimum absolute atomic E-state index is 0.0935. The van der Waals surface area contributed by atoms with Gasteiger partial charge in [0.15, 0.2) is 0 Å². The topological polar surface area (TPSA) is 41.1 Å². The van der Waals surface area contributed by atoms with E-state index in [9.17, 15) is 4.79 Å². The summed E-state index contributed by atoms with van der Waals surface area (Å²) in [6.07, 6.45) is 1.45. The van der Waals surface area contributed by atoms with Crippen LogP contribution < -0.4 is 10.6 Å². The van der Waals surface area contributed by atoms with Crippen LogP contribution in [0.1, 0.15) is 32.3 Å². The lowest BCUT2D eigenvalue weighted by atomic mass is 10.2. The van der Waals surface area contributed by atoms with Gasteiger partial charge in [-0.3, -0.25) is 4.79 Å². The number of nitrogens with one attached hydrogen (secondary N) is 2. The molecule has 1 amide bonds. The Morgan fingerprint density at radius 2 is 2.11 bits per heavy atom. The number of rotatable bonds is 7. The van der Waals surface area contributed by atoms with Crippen LogP contribution in [0.15, 0.2) is 24.3 Å². The Hall–Kier alpha value is -1.06. The molecule has 0 saturated carbocycles. The van der Waals surface area contributed by atoms with E-state index in [4.69, 9.17) is 11.6 Å². The number of amides is 1. The van der Waals surface area contributed by atoms with E-state index in [1.54, 1.807) is 0 Å². The highest BCUT2D eigenvalue weighted by molar-refractivity contribution is 6.31. The van der Waals surface area contributed by atoms with E-state index in [-0.39, 0.29) is 11.9 Å². The lowest BCUT2D eigenvalue weighted by molar-refractivity contribution is -0.121. The van der Waals surface area contributed by atoms with Crippen LogP contribution in [0, 0.1) is 0 Å². The number of hydrogen-bond acceptors (Lipinski definition) is 2. The summed E-state index contributed by atoms with van der Waals surface area (Å²) < 4.78 is 0. The molecule has 2 N–H and O–H groups in total. The van der Waals surface area contributed by atoms with E-state index >= 15 is 0 Å². The number of halogens is 1. The van der Waals surface area contributed by atoms with E-state index in [2.05, 4.69) is 17.6 Å². The third-order valence-corrected chi connectivity index (χ3v) is 3.19. The van der Waals surface area contributed by atoms with Crippen molar-refractivity contribution in [1.82, 2.24) is 10.6 Å². The minimum atomic E-state index is 0.0935. The normalized spacial score (nSPS) is 12.2. The predicted octanol–water partition coefficient (Wildman–Crippen LogP) is 2.73. The summed E-state index contributed by atoms with van der Waals surface area (Å²) in [4.78, 5) is 11.5. The van der Waals surface area contributed by atoms with Crippen LogP contribution in [0.2, 0.25) is 5.02 Å². The molecule has 1 rings (SSSR count). The highest BCUT2D eigenvalue weighted by Gasteiger charge is 2.05. The van der Waals surface area contributed by atoms with Crippen molar-refractivity contribution in [3.8, 4) is 0 Å². The number of carbonyl (C=O) groups is 1. The van der Waals surface area contributed by atoms with Crippen molar-refractivity contribution < 1.29 is 4.79 Å². The first kappa shape index (κ1) is 15.0. The molecular weight excluding hydrogens is 248 g/mol. The molecule has 1 atom stereocenters. The fraction of sp³-hybridized carbons (Fsp3) is 0.500. The van der Waals surface area contributed by atoms with Crippen LogP contribution in [0.4, 0.5) is 0 Å². The molecule has 0 fully saturated rings. The van der Waals surface area contributed by atoms with Crippen molar-refractivity contribution in [1.29, 1.82) is 0 Å². The van der Waals surface area contributed by atoms with Gasteiger partial charge < -0.3 is 10.6 Å². The summed E-state index contributed by atoms with van der Waals surface area (Å²) in [5.74, 6) is 0.0935. The Balaban J connectivity index is 2.19. The molecule has 0 aromatic heterocycles. The van der Waals surface area contributed by atoms with Crippen LogP contribution in [-0.4, -0.2) is 18.5 Å². The number of hydrogen-bond donors (Lipinski definition) is 2. The first-order chi connectivity index (χ1) is 8.63. The Morgan fingerprint density at radius 3 is 2.78 bits per heavy atom. The summed E-state index contributed by atoms with van der Waals surface area (Å²) in [5, 5.41) is 6.91. The predicted molar refractivity (Wildman–Crippen MR) is 75.7 cm³/mol. The van der Waals surface area contributed by atoms with Crippen molar-refractivity contribution >= 4 is 17.5 Å². The van der Waals surface area contributed by atoms with E-state index in [0.717, 1.165) is 17.0 Å².